The highest BCUT2D eigenvalue weighted by Crippen LogP contribution is 2.60. The van der Waals surface area contributed by atoms with Crippen LogP contribution in [0.1, 0.15) is 38.5 Å². The first kappa shape index (κ1) is 10.4. The van der Waals surface area contributed by atoms with Gasteiger partial charge >= 0.3 is 0 Å². The van der Waals surface area contributed by atoms with Gasteiger partial charge in [0.05, 0.1) is 5.75 Å². The standard InChI is InChI=1S/C10H19NO2S/c1-14(12,13)6-5-10(11)7-9(8-10)3-2-4-9/h2-8,11H2,1H3. The predicted molar refractivity (Wildman–Crippen MR) is 56.8 cm³/mol. The van der Waals surface area contributed by atoms with Crippen molar-refractivity contribution in [1.29, 1.82) is 0 Å². The lowest BCUT2D eigenvalue weighted by molar-refractivity contribution is -0.0442. The summed E-state index contributed by atoms with van der Waals surface area (Å²) in [6.45, 7) is 0. The van der Waals surface area contributed by atoms with Crippen molar-refractivity contribution in [2.75, 3.05) is 12.0 Å². The molecule has 2 rings (SSSR count). The third kappa shape index (κ3) is 1.96. The Bertz CT molecular complexity index is 322. The number of sulfone groups is 1. The van der Waals surface area contributed by atoms with E-state index < -0.39 is 9.84 Å². The molecule has 0 bridgehead atoms. The summed E-state index contributed by atoms with van der Waals surface area (Å²) >= 11 is 0. The molecule has 82 valence electrons. The van der Waals surface area contributed by atoms with Crippen LogP contribution in [-0.2, 0) is 9.84 Å². The van der Waals surface area contributed by atoms with Crippen LogP contribution in [0.3, 0.4) is 0 Å². The van der Waals surface area contributed by atoms with Crippen molar-refractivity contribution in [3.05, 3.63) is 0 Å². The fourth-order valence-corrected chi connectivity index (χ4v) is 3.81. The van der Waals surface area contributed by atoms with E-state index in [1.54, 1.807) is 0 Å². The molecule has 14 heavy (non-hydrogen) atoms. The Labute approximate surface area is 86.0 Å². The molecule has 0 radical (unpaired) electrons. The molecule has 0 aromatic rings. The Hall–Kier alpha value is -0.0900. The predicted octanol–water partition coefficient (Wildman–Crippen LogP) is 1.08. The summed E-state index contributed by atoms with van der Waals surface area (Å²) < 4.78 is 22.0. The van der Waals surface area contributed by atoms with Gasteiger partial charge in [-0.1, -0.05) is 6.42 Å². The summed E-state index contributed by atoms with van der Waals surface area (Å²) in [5.41, 5.74) is 6.50. The van der Waals surface area contributed by atoms with Crippen LogP contribution < -0.4 is 5.73 Å². The van der Waals surface area contributed by atoms with Crippen LogP contribution in [0, 0.1) is 5.41 Å². The molecule has 0 saturated heterocycles. The number of rotatable bonds is 3. The van der Waals surface area contributed by atoms with Gasteiger partial charge in [-0.25, -0.2) is 8.42 Å². The molecule has 2 saturated carbocycles. The van der Waals surface area contributed by atoms with E-state index in [1.807, 2.05) is 0 Å². The van der Waals surface area contributed by atoms with E-state index in [1.165, 1.54) is 25.5 Å². The van der Waals surface area contributed by atoms with Crippen LogP contribution in [-0.4, -0.2) is 26.0 Å². The molecule has 0 atom stereocenters. The maximum Gasteiger partial charge on any atom is 0.147 e. The fraction of sp³-hybridized carbons (Fsp3) is 1.00. The van der Waals surface area contributed by atoms with Crippen LogP contribution >= 0.6 is 0 Å². The molecule has 2 aliphatic rings. The molecule has 2 fully saturated rings. The Morgan fingerprint density at radius 3 is 2.21 bits per heavy atom. The second-order valence-electron chi connectivity index (χ2n) is 5.45. The first-order chi connectivity index (χ1) is 6.33. The van der Waals surface area contributed by atoms with E-state index >= 15 is 0 Å². The fourth-order valence-electron chi connectivity index (χ4n) is 3.04. The smallest absolute Gasteiger partial charge is 0.147 e. The third-order valence-corrected chi connectivity index (χ3v) is 4.78. The minimum absolute atomic E-state index is 0.163. The van der Waals surface area contributed by atoms with E-state index in [2.05, 4.69) is 0 Å². The molecule has 1 spiro atoms. The molecule has 4 heteroatoms. The average molecular weight is 217 g/mol. The van der Waals surface area contributed by atoms with Gasteiger partial charge in [-0.05, 0) is 37.5 Å². The van der Waals surface area contributed by atoms with Crippen LogP contribution in [0.25, 0.3) is 0 Å². The van der Waals surface area contributed by atoms with E-state index in [0.29, 0.717) is 11.8 Å². The molecular weight excluding hydrogens is 198 g/mol. The number of hydrogen-bond acceptors (Lipinski definition) is 3. The highest BCUT2D eigenvalue weighted by molar-refractivity contribution is 7.90. The zero-order valence-corrected chi connectivity index (χ0v) is 9.57. The van der Waals surface area contributed by atoms with Gasteiger partial charge in [0.2, 0.25) is 0 Å². The molecule has 0 aromatic carbocycles. The maximum atomic E-state index is 11.0. The third-order valence-electron chi connectivity index (χ3n) is 3.84. The van der Waals surface area contributed by atoms with Crippen molar-refractivity contribution >= 4 is 9.84 Å². The lowest BCUT2D eigenvalue weighted by Crippen LogP contribution is -2.61. The minimum Gasteiger partial charge on any atom is -0.325 e. The molecular formula is C10H19NO2S. The first-order valence-corrected chi connectivity index (χ1v) is 7.35. The quantitative estimate of drug-likeness (QED) is 0.769. The van der Waals surface area contributed by atoms with Crippen LogP contribution in [0.2, 0.25) is 0 Å². The highest BCUT2D eigenvalue weighted by Gasteiger charge is 2.54. The van der Waals surface area contributed by atoms with Gasteiger partial charge in [-0.2, -0.15) is 0 Å². The molecule has 0 unspecified atom stereocenters. The van der Waals surface area contributed by atoms with Crippen LogP contribution in [0.15, 0.2) is 0 Å². The number of nitrogens with two attached hydrogens (primary N) is 1. The maximum absolute atomic E-state index is 11.0. The van der Waals surface area contributed by atoms with Gasteiger partial charge < -0.3 is 5.73 Å². The summed E-state index contributed by atoms with van der Waals surface area (Å²) in [6, 6.07) is 0. The Morgan fingerprint density at radius 1 is 1.29 bits per heavy atom. The van der Waals surface area contributed by atoms with Gasteiger partial charge in [-0.15, -0.1) is 0 Å². The Balaban J connectivity index is 1.82. The lowest BCUT2D eigenvalue weighted by Gasteiger charge is -2.60. The van der Waals surface area contributed by atoms with Crippen molar-refractivity contribution in [2.45, 2.75) is 44.1 Å². The van der Waals surface area contributed by atoms with E-state index in [0.717, 1.165) is 12.8 Å². The van der Waals surface area contributed by atoms with Crippen molar-refractivity contribution < 1.29 is 8.42 Å². The van der Waals surface area contributed by atoms with Crippen molar-refractivity contribution in [3.8, 4) is 0 Å². The Morgan fingerprint density at radius 2 is 1.86 bits per heavy atom. The molecule has 0 amide bonds. The molecule has 2 N–H and O–H groups in total. The first-order valence-electron chi connectivity index (χ1n) is 5.29. The molecule has 0 aliphatic heterocycles. The van der Waals surface area contributed by atoms with Gasteiger partial charge in [0.1, 0.15) is 9.84 Å². The molecule has 0 heterocycles. The zero-order chi connectivity index (χ0) is 10.4. The van der Waals surface area contributed by atoms with Crippen LogP contribution in [0.5, 0.6) is 0 Å². The number of hydrogen-bond donors (Lipinski definition) is 1. The van der Waals surface area contributed by atoms with E-state index in [4.69, 9.17) is 5.73 Å². The molecule has 0 aromatic heterocycles. The van der Waals surface area contributed by atoms with Gasteiger partial charge in [0.15, 0.2) is 0 Å². The lowest BCUT2D eigenvalue weighted by atomic mass is 9.48. The van der Waals surface area contributed by atoms with Crippen molar-refractivity contribution in [2.24, 2.45) is 11.1 Å². The summed E-state index contributed by atoms with van der Waals surface area (Å²) in [5, 5.41) is 0. The topological polar surface area (TPSA) is 60.2 Å². The van der Waals surface area contributed by atoms with E-state index in [-0.39, 0.29) is 11.3 Å². The second kappa shape index (κ2) is 2.95. The SMILES string of the molecule is CS(=O)(=O)CCC1(N)CC2(CCC2)C1. The largest absolute Gasteiger partial charge is 0.325 e. The summed E-state index contributed by atoms with van der Waals surface area (Å²) in [5.74, 6) is 0.250. The highest BCUT2D eigenvalue weighted by atomic mass is 32.2. The average Bonchev–Trinajstić information content (AvgIpc) is 1.90. The van der Waals surface area contributed by atoms with Gasteiger partial charge in [0.25, 0.3) is 0 Å². The Kier molecular flexibility index (Phi) is 2.20. The van der Waals surface area contributed by atoms with Crippen molar-refractivity contribution in [1.82, 2.24) is 0 Å². The monoisotopic (exact) mass is 217 g/mol. The molecule has 3 nitrogen and oxygen atoms in total. The van der Waals surface area contributed by atoms with Gasteiger partial charge in [0, 0.05) is 11.8 Å². The zero-order valence-electron chi connectivity index (χ0n) is 8.75. The normalized spacial score (nSPS) is 28.1. The van der Waals surface area contributed by atoms with Gasteiger partial charge in [-0.3, -0.25) is 0 Å². The van der Waals surface area contributed by atoms with E-state index in [9.17, 15) is 8.42 Å². The summed E-state index contributed by atoms with van der Waals surface area (Å²) in [7, 11) is -2.84. The molecule has 2 aliphatic carbocycles. The van der Waals surface area contributed by atoms with Crippen molar-refractivity contribution in [3.63, 3.8) is 0 Å². The van der Waals surface area contributed by atoms with Crippen LogP contribution in [0.4, 0.5) is 0 Å². The second-order valence-corrected chi connectivity index (χ2v) is 7.71. The summed E-state index contributed by atoms with van der Waals surface area (Å²) in [6.07, 6.45) is 7.99. The summed E-state index contributed by atoms with van der Waals surface area (Å²) in [4.78, 5) is 0. The minimum atomic E-state index is -2.84.